The van der Waals surface area contributed by atoms with Gasteiger partial charge in [-0.1, -0.05) is 7.43 Å². The second kappa shape index (κ2) is 4.66. The molecule has 0 aromatic heterocycles. The van der Waals surface area contributed by atoms with Crippen LogP contribution in [0.1, 0.15) is 28.2 Å². The van der Waals surface area contributed by atoms with Gasteiger partial charge < -0.3 is 0 Å². The van der Waals surface area contributed by atoms with Gasteiger partial charge in [0.25, 0.3) is 0 Å². The molecule has 0 aliphatic heterocycles. The third kappa shape index (κ3) is 10.8. The minimum absolute atomic E-state index is 0. The Balaban J connectivity index is 0. The smallest absolute Gasteiger partial charge is 0.0972 e. The lowest BCUT2D eigenvalue weighted by molar-refractivity contribution is -0.448. The van der Waals surface area contributed by atoms with Gasteiger partial charge in [-0.2, -0.15) is 5.06 Å². The van der Waals surface area contributed by atoms with Gasteiger partial charge in [-0.15, -0.1) is 4.99 Å². The third-order valence-electron chi connectivity index (χ3n) is 0.436. The molecule has 64 valence electrons. The highest BCUT2D eigenvalue weighted by molar-refractivity contribution is 4.53. The molecule has 10 heavy (non-hydrogen) atoms. The van der Waals surface area contributed by atoms with Gasteiger partial charge in [-0.05, 0) is 20.8 Å². The third-order valence-corrected chi connectivity index (χ3v) is 0.436. The summed E-state index contributed by atoms with van der Waals surface area (Å²) in [6, 6.07) is 0. The van der Waals surface area contributed by atoms with Crippen molar-refractivity contribution in [3.63, 3.8) is 0 Å². The van der Waals surface area contributed by atoms with E-state index < -0.39 is 0 Å². The van der Waals surface area contributed by atoms with Gasteiger partial charge in [0, 0.05) is 14.1 Å². The van der Waals surface area contributed by atoms with Crippen molar-refractivity contribution in [2.45, 2.75) is 33.8 Å². The molecule has 3 nitrogen and oxygen atoms in total. The van der Waals surface area contributed by atoms with Gasteiger partial charge in [0.05, 0.1) is 5.60 Å². The van der Waals surface area contributed by atoms with Crippen LogP contribution in [0.3, 0.4) is 0 Å². The van der Waals surface area contributed by atoms with Gasteiger partial charge in [-0.25, -0.2) is 4.89 Å². The van der Waals surface area contributed by atoms with Crippen LogP contribution in [0.4, 0.5) is 0 Å². The van der Waals surface area contributed by atoms with Crippen molar-refractivity contribution >= 4 is 0 Å². The van der Waals surface area contributed by atoms with Gasteiger partial charge in [0.2, 0.25) is 0 Å². The van der Waals surface area contributed by atoms with Crippen LogP contribution in [0.25, 0.3) is 0 Å². The van der Waals surface area contributed by atoms with Crippen LogP contribution in [0.2, 0.25) is 0 Å². The summed E-state index contributed by atoms with van der Waals surface area (Å²) >= 11 is 0. The van der Waals surface area contributed by atoms with Crippen molar-refractivity contribution in [2.24, 2.45) is 0 Å². The van der Waals surface area contributed by atoms with Gasteiger partial charge in [-0.3, -0.25) is 0 Å². The lowest BCUT2D eigenvalue weighted by Crippen LogP contribution is -2.24. The highest BCUT2D eigenvalue weighted by atomic mass is 17.3. The van der Waals surface area contributed by atoms with E-state index in [9.17, 15) is 0 Å². The summed E-state index contributed by atoms with van der Waals surface area (Å²) in [5.41, 5.74) is -0.232. The molecule has 0 saturated heterocycles. The average Bonchev–Trinajstić information content (AvgIpc) is 1.59. The van der Waals surface area contributed by atoms with Crippen molar-refractivity contribution in [1.29, 1.82) is 0 Å². The van der Waals surface area contributed by atoms with Gasteiger partial charge in [0.15, 0.2) is 0 Å². The van der Waals surface area contributed by atoms with Crippen LogP contribution >= 0.6 is 0 Å². The zero-order valence-electron chi connectivity index (χ0n) is 6.76. The molecule has 0 unspecified atom stereocenters. The molecular weight excluding hydrogens is 130 g/mol. The molecule has 0 spiro atoms. The average molecular weight is 149 g/mol. The van der Waals surface area contributed by atoms with E-state index in [1.807, 2.05) is 20.8 Å². The highest BCUT2D eigenvalue weighted by Gasteiger charge is 2.11. The normalized spacial score (nSPS) is 11.4. The molecule has 0 aromatic carbocycles. The van der Waals surface area contributed by atoms with Gasteiger partial charge in [0.1, 0.15) is 0 Å². The van der Waals surface area contributed by atoms with Crippen molar-refractivity contribution in [2.75, 3.05) is 14.1 Å². The fourth-order valence-electron chi connectivity index (χ4n) is 0.186. The second-order valence-corrected chi connectivity index (χ2v) is 3.08. The minimum atomic E-state index is -0.232. The van der Waals surface area contributed by atoms with Crippen LogP contribution in [0.15, 0.2) is 0 Å². The first-order chi connectivity index (χ1) is 3.92. The standard InChI is InChI=1S/C6H15NO2.CH4/c1-6(2,3)8-9-7(4)5;/h1-5H3;1H4. The van der Waals surface area contributed by atoms with Gasteiger partial charge >= 0.3 is 0 Å². The number of rotatable bonds is 2. The molecule has 0 rings (SSSR count). The Kier molecular flexibility index (Phi) is 5.84. The summed E-state index contributed by atoms with van der Waals surface area (Å²) in [4.78, 5) is 9.66. The number of hydroxylamine groups is 2. The molecule has 0 heterocycles. The number of hydrogen-bond donors (Lipinski definition) is 0. The van der Waals surface area contributed by atoms with Crippen LogP contribution in [-0.4, -0.2) is 24.8 Å². The topological polar surface area (TPSA) is 21.7 Å². The maximum atomic E-state index is 4.92. The van der Waals surface area contributed by atoms with Crippen LogP contribution < -0.4 is 0 Å². The van der Waals surface area contributed by atoms with E-state index >= 15 is 0 Å². The molecule has 0 atom stereocenters. The summed E-state index contributed by atoms with van der Waals surface area (Å²) in [6.07, 6.45) is 0. The Morgan fingerprint density at radius 3 is 1.60 bits per heavy atom. The quantitative estimate of drug-likeness (QED) is 0.442. The van der Waals surface area contributed by atoms with E-state index in [4.69, 9.17) is 9.88 Å². The van der Waals surface area contributed by atoms with E-state index in [1.165, 1.54) is 5.06 Å². The van der Waals surface area contributed by atoms with E-state index in [0.717, 1.165) is 0 Å². The molecule has 0 aromatic rings. The summed E-state index contributed by atoms with van der Waals surface area (Å²) < 4.78 is 0. The first kappa shape index (κ1) is 12.5. The molecule has 0 saturated carbocycles. The minimum Gasteiger partial charge on any atom is -0.212 e. The van der Waals surface area contributed by atoms with E-state index in [-0.39, 0.29) is 13.0 Å². The predicted molar refractivity (Wildman–Crippen MR) is 42.3 cm³/mol. The first-order valence-electron chi connectivity index (χ1n) is 2.95. The molecule has 0 radical (unpaired) electrons. The maximum absolute atomic E-state index is 4.92. The largest absolute Gasteiger partial charge is 0.212 e. The Bertz CT molecular complexity index is 76.2. The van der Waals surface area contributed by atoms with E-state index in [2.05, 4.69) is 0 Å². The summed E-state index contributed by atoms with van der Waals surface area (Å²) in [5.74, 6) is 0. The number of hydrogen-bond acceptors (Lipinski definition) is 3. The second-order valence-electron chi connectivity index (χ2n) is 3.08. The molecule has 0 bridgehead atoms. The maximum Gasteiger partial charge on any atom is 0.0972 e. The molecule has 0 fully saturated rings. The fraction of sp³-hybridized carbons (Fsp3) is 1.00. The van der Waals surface area contributed by atoms with E-state index in [0.29, 0.717) is 0 Å². The Morgan fingerprint density at radius 1 is 1.10 bits per heavy atom. The predicted octanol–water partition coefficient (Wildman–Crippen LogP) is 1.85. The molecule has 0 amide bonds. The molecule has 0 aliphatic rings. The molecular formula is C7H19NO2. The Hall–Kier alpha value is -0.120. The SMILES string of the molecule is C.CN(C)OOC(C)(C)C. The van der Waals surface area contributed by atoms with Crippen molar-refractivity contribution < 1.29 is 9.88 Å². The lowest BCUT2D eigenvalue weighted by Gasteiger charge is -2.19. The van der Waals surface area contributed by atoms with E-state index in [1.54, 1.807) is 14.1 Å². The van der Waals surface area contributed by atoms with Crippen molar-refractivity contribution in [3.05, 3.63) is 0 Å². The monoisotopic (exact) mass is 149 g/mol. The van der Waals surface area contributed by atoms with Crippen molar-refractivity contribution in [3.8, 4) is 0 Å². The summed E-state index contributed by atoms with van der Waals surface area (Å²) in [5, 5.41) is 1.51. The zero-order chi connectivity index (χ0) is 7.49. The van der Waals surface area contributed by atoms with Crippen LogP contribution in [0, 0.1) is 0 Å². The zero-order valence-corrected chi connectivity index (χ0v) is 6.76. The Morgan fingerprint density at radius 2 is 1.50 bits per heavy atom. The van der Waals surface area contributed by atoms with Crippen LogP contribution in [-0.2, 0) is 9.88 Å². The number of nitrogens with zero attached hydrogens (tertiary/aromatic N) is 1. The first-order valence-corrected chi connectivity index (χ1v) is 2.95. The molecule has 3 heteroatoms. The summed E-state index contributed by atoms with van der Waals surface area (Å²) in [6.45, 7) is 5.78. The molecule has 0 aliphatic carbocycles. The van der Waals surface area contributed by atoms with Crippen LogP contribution in [0.5, 0.6) is 0 Å². The highest BCUT2D eigenvalue weighted by Crippen LogP contribution is 2.06. The fourth-order valence-corrected chi connectivity index (χ4v) is 0.186. The molecule has 0 N–H and O–H groups in total. The van der Waals surface area contributed by atoms with Crippen molar-refractivity contribution in [1.82, 2.24) is 5.06 Å². The lowest BCUT2D eigenvalue weighted by atomic mass is 10.2. The Labute approximate surface area is 63.8 Å². The summed E-state index contributed by atoms with van der Waals surface area (Å²) in [7, 11) is 3.54.